The lowest BCUT2D eigenvalue weighted by molar-refractivity contribution is 0.0178. The van der Waals surface area contributed by atoms with Crippen molar-refractivity contribution in [1.29, 1.82) is 0 Å². The van der Waals surface area contributed by atoms with E-state index in [0.717, 1.165) is 37.5 Å². The van der Waals surface area contributed by atoms with Crippen molar-refractivity contribution in [3.8, 4) is 11.3 Å². The highest BCUT2D eigenvalue weighted by Crippen LogP contribution is 2.21. The molecule has 0 amide bonds. The first kappa shape index (κ1) is 15.5. The second-order valence-corrected chi connectivity index (χ2v) is 6.70. The zero-order valence-corrected chi connectivity index (χ0v) is 13.7. The standard InChI is InChI=1S/C18H22N4O2/c23-18-6-5-17(15-3-1-7-19-9-15)20-22(18)12-14-10-21(11-14)13-16-4-2-8-24-16/h1,3,5-7,9,14,16H,2,4,8,10-13H2. The summed E-state index contributed by atoms with van der Waals surface area (Å²) in [7, 11) is 0. The molecule has 0 spiro atoms. The first-order valence-corrected chi connectivity index (χ1v) is 8.60. The zero-order chi connectivity index (χ0) is 16.4. The number of ether oxygens (including phenoxy) is 1. The van der Waals surface area contributed by atoms with Crippen LogP contribution in [-0.4, -0.2) is 52.0 Å². The van der Waals surface area contributed by atoms with Crippen molar-refractivity contribution < 1.29 is 4.74 Å². The van der Waals surface area contributed by atoms with Gasteiger partial charge in [-0.1, -0.05) is 0 Å². The SMILES string of the molecule is O=c1ccc(-c2cccnc2)nn1CC1CN(CC2CCCO2)C1. The lowest BCUT2D eigenvalue weighted by Crippen LogP contribution is -2.51. The number of hydrogen-bond acceptors (Lipinski definition) is 5. The van der Waals surface area contributed by atoms with Gasteiger partial charge >= 0.3 is 0 Å². The van der Waals surface area contributed by atoms with Crippen LogP contribution >= 0.6 is 0 Å². The van der Waals surface area contributed by atoms with Gasteiger partial charge in [0.05, 0.1) is 18.3 Å². The fourth-order valence-corrected chi connectivity index (χ4v) is 3.51. The Morgan fingerprint density at radius 2 is 2.12 bits per heavy atom. The quantitative estimate of drug-likeness (QED) is 0.831. The second kappa shape index (κ2) is 6.83. The van der Waals surface area contributed by atoms with Crippen LogP contribution in [0.5, 0.6) is 0 Å². The summed E-state index contributed by atoms with van der Waals surface area (Å²) in [6.07, 6.45) is 6.26. The van der Waals surface area contributed by atoms with Crippen molar-refractivity contribution in [2.45, 2.75) is 25.5 Å². The molecule has 126 valence electrons. The molecule has 0 saturated carbocycles. The topological polar surface area (TPSA) is 60.2 Å². The van der Waals surface area contributed by atoms with Gasteiger partial charge < -0.3 is 4.74 Å². The Morgan fingerprint density at radius 3 is 2.88 bits per heavy atom. The first-order valence-electron chi connectivity index (χ1n) is 8.60. The molecule has 2 aromatic rings. The molecule has 0 aromatic carbocycles. The van der Waals surface area contributed by atoms with Gasteiger partial charge in [0.1, 0.15) is 0 Å². The van der Waals surface area contributed by atoms with E-state index < -0.39 is 0 Å². The minimum atomic E-state index is -0.0415. The van der Waals surface area contributed by atoms with Crippen LogP contribution in [0.1, 0.15) is 12.8 Å². The van der Waals surface area contributed by atoms with Gasteiger partial charge in [-0.3, -0.25) is 14.7 Å². The summed E-state index contributed by atoms with van der Waals surface area (Å²) in [5, 5.41) is 4.51. The molecule has 0 bridgehead atoms. The highest BCUT2D eigenvalue weighted by atomic mass is 16.5. The normalized spacial score (nSPS) is 21.8. The predicted octanol–water partition coefficient (Wildman–Crippen LogP) is 1.42. The van der Waals surface area contributed by atoms with E-state index in [9.17, 15) is 4.79 Å². The Balaban J connectivity index is 1.38. The van der Waals surface area contributed by atoms with E-state index in [0.29, 0.717) is 18.6 Å². The Morgan fingerprint density at radius 1 is 1.21 bits per heavy atom. The Hall–Kier alpha value is -2.05. The smallest absolute Gasteiger partial charge is 0.266 e. The molecular formula is C18H22N4O2. The summed E-state index contributed by atoms with van der Waals surface area (Å²) in [6, 6.07) is 7.19. The van der Waals surface area contributed by atoms with Crippen LogP contribution in [-0.2, 0) is 11.3 Å². The molecule has 0 N–H and O–H groups in total. The van der Waals surface area contributed by atoms with Crippen LogP contribution in [0.4, 0.5) is 0 Å². The summed E-state index contributed by atoms with van der Waals surface area (Å²) < 4.78 is 7.28. The van der Waals surface area contributed by atoms with Crippen LogP contribution in [0, 0.1) is 5.92 Å². The molecule has 2 aliphatic heterocycles. The van der Waals surface area contributed by atoms with E-state index in [-0.39, 0.29) is 5.56 Å². The van der Waals surface area contributed by atoms with Gasteiger partial charge in [0.15, 0.2) is 0 Å². The van der Waals surface area contributed by atoms with E-state index in [2.05, 4.69) is 15.0 Å². The molecule has 1 atom stereocenters. The van der Waals surface area contributed by atoms with Gasteiger partial charge in [-0.2, -0.15) is 5.10 Å². The molecule has 6 heteroatoms. The second-order valence-electron chi connectivity index (χ2n) is 6.70. The Labute approximate surface area is 141 Å². The van der Waals surface area contributed by atoms with E-state index in [4.69, 9.17) is 4.74 Å². The molecule has 2 aromatic heterocycles. The van der Waals surface area contributed by atoms with Gasteiger partial charge in [-0.25, -0.2) is 4.68 Å². The van der Waals surface area contributed by atoms with Crippen LogP contribution in [0.25, 0.3) is 11.3 Å². The number of likely N-dealkylation sites (tertiary alicyclic amines) is 1. The lowest BCUT2D eigenvalue weighted by atomic mass is 9.99. The van der Waals surface area contributed by atoms with Gasteiger partial charge in [0.2, 0.25) is 0 Å². The minimum absolute atomic E-state index is 0.0415. The third-order valence-corrected chi connectivity index (χ3v) is 4.77. The maximum atomic E-state index is 12.1. The highest BCUT2D eigenvalue weighted by Gasteiger charge is 2.30. The number of hydrogen-bond donors (Lipinski definition) is 0. The fourth-order valence-electron chi connectivity index (χ4n) is 3.51. The maximum absolute atomic E-state index is 12.1. The highest BCUT2D eigenvalue weighted by molar-refractivity contribution is 5.56. The molecule has 6 nitrogen and oxygen atoms in total. The average Bonchev–Trinajstić information content (AvgIpc) is 3.08. The summed E-state index contributed by atoms with van der Waals surface area (Å²) in [5.41, 5.74) is 1.68. The molecule has 4 rings (SSSR count). The van der Waals surface area contributed by atoms with Crippen molar-refractivity contribution in [2.24, 2.45) is 5.92 Å². The van der Waals surface area contributed by atoms with Crippen LogP contribution in [0.15, 0.2) is 41.5 Å². The molecule has 0 aliphatic carbocycles. The molecule has 0 radical (unpaired) electrons. The van der Waals surface area contributed by atoms with Crippen molar-refractivity contribution in [3.63, 3.8) is 0 Å². The molecule has 24 heavy (non-hydrogen) atoms. The number of aromatic nitrogens is 3. The van der Waals surface area contributed by atoms with Crippen molar-refractivity contribution in [1.82, 2.24) is 19.7 Å². The first-order chi connectivity index (χ1) is 11.8. The monoisotopic (exact) mass is 326 g/mol. The Bertz CT molecular complexity index is 734. The summed E-state index contributed by atoms with van der Waals surface area (Å²) in [4.78, 5) is 18.6. The van der Waals surface area contributed by atoms with Gasteiger partial charge in [-0.15, -0.1) is 0 Å². The molecule has 2 fully saturated rings. The lowest BCUT2D eigenvalue weighted by Gasteiger charge is -2.40. The van der Waals surface area contributed by atoms with E-state index in [1.807, 2.05) is 12.1 Å². The van der Waals surface area contributed by atoms with Crippen LogP contribution in [0.2, 0.25) is 0 Å². The Kier molecular flexibility index (Phi) is 4.40. The summed E-state index contributed by atoms with van der Waals surface area (Å²) in [6.45, 7) is 4.64. The third kappa shape index (κ3) is 3.39. The molecule has 4 heterocycles. The summed E-state index contributed by atoms with van der Waals surface area (Å²) in [5.74, 6) is 0.487. The van der Waals surface area contributed by atoms with Gasteiger partial charge in [-0.05, 0) is 31.0 Å². The molecule has 2 saturated heterocycles. The predicted molar refractivity (Wildman–Crippen MR) is 90.6 cm³/mol. The molecule has 1 unspecified atom stereocenters. The fraction of sp³-hybridized carbons (Fsp3) is 0.500. The van der Waals surface area contributed by atoms with E-state index in [1.165, 1.54) is 12.8 Å². The van der Waals surface area contributed by atoms with Gasteiger partial charge in [0.25, 0.3) is 5.56 Å². The largest absolute Gasteiger partial charge is 0.377 e. The van der Waals surface area contributed by atoms with Crippen LogP contribution < -0.4 is 5.56 Å². The number of nitrogens with zero attached hydrogens (tertiary/aromatic N) is 4. The number of pyridine rings is 1. The third-order valence-electron chi connectivity index (χ3n) is 4.77. The van der Waals surface area contributed by atoms with Crippen molar-refractivity contribution in [3.05, 3.63) is 47.0 Å². The summed E-state index contributed by atoms with van der Waals surface area (Å²) >= 11 is 0. The average molecular weight is 326 g/mol. The maximum Gasteiger partial charge on any atom is 0.266 e. The van der Waals surface area contributed by atoms with Crippen molar-refractivity contribution >= 4 is 0 Å². The number of rotatable bonds is 5. The minimum Gasteiger partial charge on any atom is -0.377 e. The van der Waals surface area contributed by atoms with Crippen molar-refractivity contribution in [2.75, 3.05) is 26.2 Å². The van der Waals surface area contributed by atoms with Crippen LogP contribution in [0.3, 0.4) is 0 Å². The van der Waals surface area contributed by atoms with E-state index in [1.54, 1.807) is 29.2 Å². The zero-order valence-electron chi connectivity index (χ0n) is 13.7. The van der Waals surface area contributed by atoms with E-state index >= 15 is 0 Å². The molecule has 2 aliphatic rings. The molecular weight excluding hydrogens is 304 g/mol. The van der Waals surface area contributed by atoms with Gasteiger partial charge in [0, 0.05) is 56.2 Å².